The summed E-state index contributed by atoms with van der Waals surface area (Å²) in [7, 11) is 0. The molecule has 0 bridgehead atoms. The van der Waals surface area contributed by atoms with Crippen molar-refractivity contribution in [2.45, 2.75) is 20.8 Å². The number of rotatable bonds is 3. The lowest BCUT2D eigenvalue weighted by atomic mass is 10.2. The molecule has 1 aromatic carbocycles. The lowest BCUT2D eigenvalue weighted by Crippen LogP contribution is -1.98. The Bertz CT molecular complexity index is 634. The number of aryl methyl sites for hydroxylation is 2. The first-order chi connectivity index (χ1) is 8.99. The lowest BCUT2D eigenvalue weighted by molar-refractivity contribution is -0.131. The largest absolute Gasteiger partial charge is 0.478 e. The molecule has 3 heteroatoms. The maximum Gasteiger partial charge on any atom is 0.328 e. The molecule has 2 aromatic rings. The van der Waals surface area contributed by atoms with Gasteiger partial charge in [0, 0.05) is 23.2 Å². The summed E-state index contributed by atoms with van der Waals surface area (Å²) in [5, 5.41) is 8.70. The molecule has 1 aromatic heterocycles. The van der Waals surface area contributed by atoms with E-state index in [0.29, 0.717) is 0 Å². The van der Waals surface area contributed by atoms with Crippen LogP contribution >= 0.6 is 0 Å². The summed E-state index contributed by atoms with van der Waals surface area (Å²) in [5.74, 6) is -0.930. The van der Waals surface area contributed by atoms with Gasteiger partial charge in [0.1, 0.15) is 0 Å². The molecule has 0 aliphatic rings. The van der Waals surface area contributed by atoms with Gasteiger partial charge in [-0.3, -0.25) is 0 Å². The standard InChI is InChI=1S/C16H17NO2/c1-11-4-7-15(8-5-11)17-12(2)10-14(13(17)3)6-9-16(18)19/h4-10H,1-3H3,(H,18,19). The van der Waals surface area contributed by atoms with E-state index >= 15 is 0 Å². The van der Waals surface area contributed by atoms with Crippen LogP contribution in [-0.2, 0) is 4.79 Å². The van der Waals surface area contributed by atoms with Crippen LogP contribution in [0.3, 0.4) is 0 Å². The van der Waals surface area contributed by atoms with E-state index in [9.17, 15) is 4.79 Å². The maximum atomic E-state index is 10.6. The van der Waals surface area contributed by atoms with Crippen LogP contribution in [0.1, 0.15) is 22.5 Å². The molecule has 1 heterocycles. The Morgan fingerprint density at radius 2 is 1.79 bits per heavy atom. The summed E-state index contributed by atoms with van der Waals surface area (Å²) in [6.45, 7) is 6.07. The quantitative estimate of drug-likeness (QED) is 0.853. The third-order valence-electron chi connectivity index (χ3n) is 3.17. The van der Waals surface area contributed by atoms with Gasteiger partial charge < -0.3 is 9.67 Å². The van der Waals surface area contributed by atoms with E-state index < -0.39 is 5.97 Å². The molecule has 2 rings (SSSR count). The number of benzene rings is 1. The van der Waals surface area contributed by atoms with Crippen molar-refractivity contribution in [2.75, 3.05) is 0 Å². The number of carboxylic acid groups (broad SMARTS) is 1. The van der Waals surface area contributed by atoms with Crippen molar-refractivity contribution in [3.05, 3.63) is 58.9 Å². The molecule has 0 unspecified atom stereocenters. The molecule has 0 fully saturated rings. The zero-order valence-electron chi connectivity index (χ0n) is 11.3. The van der Waals surface area contributed by atoms with Crippen LogP contribution in [-0.4, -0.2) is 15.6 Å². The molecule has 0 radical (unpaired) electrons. The van der Waals surface area contributed by atoms with Gasteiger partial charge in [0.15, 0.2) is 0 Å². The predicted octanol–water partition coefficient (Wildman–Crippen LogP) is 3.50. The Hall–Kier alpha value is -2.29. The van der Waals surface area contributed by atoms with Crippen LogP contribution in [0.15, 0.2) is 36.4 Å². The number of carbonyl (C=O) groups is 1. The predicted molar refractivity (Wildman–Crippen MR) is 76.6 cm³/mol. The maximum absolute atomic E-state index is 10.6. The Morgan fingerprint density at radius 3 is 2.37 bits per heavy atom. The van der Waals surface area contributed by atoms with Gasteiger partial charge in [-0.1, -0.05) is 17.7 Å². The highest BCUT2D eigenvalue weighted by Crippen LogP contribution is 2.22. The SMILES string of the molecule is Cc1ccc(-n2c(C)cc(C=CC(=O)O)c2C)cc1. The van der Waals surface area contributed by atoms with E-state index in [1.54, 1.807) is 6.08 Å². The highest BCUT2D eigenvalue weighted by Gasteiger charge is 2.08. The Labute approximate surface area is 112 Å². The summed E-state index contributed by atoms with van der Waals surface area (Å²) < 4.78 is 2.13. The minimum Gasteiger partial charge on any atom is -0.478 e. The lowest BCUT2D eigenvalue weighted by Gasteiger charge is -2.09. The van der Waals surface area contributed by atoms with Crippen LogP contribution in [0.2, 0.25) is 0 Å². The van der Waals surface area contributed by atoms with Gasteiger partial charge in [-0.25, -0.2) is 4.79 Å². The molecule has 0 saturated carbocycles. The van der Waals surface area contributed by atoms with Crippen LogP contribution in [0.4, 0.5) is 0 Å². The van der Waals surface area contributed by atoms with Crippen molar-refractivity contribution in [3.63, 3.8) is 0 Å². The van der Waals surface area contributed by atoms with Crippen molar-refractivity contribution in [1.82, 2.24) is 4.57 Å². The van der Waals surface area contributed by atoms with Crippen LogP contribution < -0.4 is 0 Å². The molecule has 98 valence electrons. The van der Waals surface area contributed by atoms with E-state index in [0.717, 1.165) is 22.6 Å². The average Bonchev–Trinajstić information content (AvgIpc) is 2.63. The second kappa shape index (κ2) is 5.14. The van der Waals surface area contributed by atoms with E-state index in [2.05, 4.69) is 35.8 Å². The van der Waals surface area contributed by atoms with E-state index in [1.165, 1.54) is 11.6 Å². The molecule has 0 amide bonds. The number of carboxylic acids is 1. The average molecular weight is 255 g/mol. The fourth-order valence-electron chi connectivity index (χ4n) is 2.21. The van der Waals surface area contributed by atoms with Gasteiger partial charge in [0.05, 0.1) is 0 Å². The molecule has 19 heavy (non-hydrogen) atoms. The summed E-state index contributed by atoms with van der Waals surface area (Å²) in [6, 6.07) is 10.3. The normalized spacial score (nSPS) is 11.1. The summed E-state index contributed by atoms with van der Waals surface area (Å²) >= 11 is 0. The van der Waals surface area contributed by atoms with Gasteiger partial charge >= 0.3 is 5.97 Å². The Morgan fingerprint density at radius 1 is 1.16 bits per heavy atom. The molecule has 0 aliphatic carbocycles. The smallest absolute Gasteiger partial charge is 0.328 e. The van der Waals surface area contributed by atoms with E-state index in [-0.39, 0.29) is 0 Å². The van der Waals surface area contributed by atoms with Crippen molar-refractivity contribution >= 4 is 12.0 Å². The topological polar surface area (TPSA) is 42.2 Å². The first-order valence-electron chi connectivity index (χ1n) is 6.16. The zero-order chi connectivity index (χ0) is 14.0. The molecule has 0 atom stereocenters. The molecule has 0 spiro atoms. The van der Waals surface area contributed by atoms with E-state index in [1.807, 2.05) is 19.9 Å². The van der Waals surface area contributed by atoms with Gasteiger partial charge in [0.2, 0.25) is 0 Å². The molecule has 0 saturated heterocycles. The molecule has 0 aliphatic heterocycles. The van der Waals surface area contributed by atoms with Crippen molar-refractivity contribution in [1.29, 1.82) is 0 Å². The van der Waals surface area contributed by atoms with Gasteiger partial charge in [-0.15, -0.1) is 0 Å². The Balaban J connectivity index is 2.47. The Kier molecular flexibility index (Phi) is 3.56. The van der Waals surface area contributed by atoms with Crippen LogP contribution in [0, 0.1) is 20.8 Å². The van der Waals surface area contributed by atoms with E-state index in [4.69, 9.17) is 5.11 Å². The second-order valence-corrected chi connectivity index (χ2v) is 4.67. The van der Waals surface area contributed by atoms with Crippen molar-refractivity contribution in [3.8, 4) is 5.69 Å². The minimum atomic E-state index is -0.930. The second-order valence-electron chi connectivity index (χ2n) is 4.67. The fraction of sp³-hybridized carbons (Fsp3) is 0.188. The highest BCUT2D eigenvalue weighted by atomic mass is 16.4. The van der Waals surface area contributed by atoms with Crippen molar-refractivity contribution < 1.29 is 9.90 Å². The number of aromatic nitrogens is 1. The van der Waals surface area contributed by atoms with Gasteiger partial charge in [-0.2, -0.15) is 0 Å². The monoisotopic (exact) mass is 255 g/mol. The fourth-order valence-corrected chi connectivity index (χ4v) is 2.21. The number of hydrogen-bond donors (Lipinski definition) is 1. The van der Waals surface area contributed by atoms with Crippen LogP contribution in [0.25, 0.3) is 11.8 Å². The number of hydrogen-bond acceptors (Lipinski definition) is 1. The van der Waals surface area contributed by atoms with Crippen LogP contribution in [0.5, 0.6) is 0 Å². The molecule has 3 nitrogen and oxygen atoms in total. The summed E-state index contributed by atoms with van der Waals surface area (Å²) in [4.78, 5) is 10.6. The number of aliphatic carboxylic acids is 1. The zero-order valence-corrected chi connectivity index (χ0v) is 11.3. The molecular formula is C16H17NO2. The molecule has 1 N–H and O–H groups in total. The third-order valence-corrected chi connectivity index (χ3v) is 3.17. The summed E-state index contributed by atoms with van der Waals surface area (Å²) in [5.41, 5.74) is 5.37. The first kappa shape index (κ1) is 13.1. The highest BCUT2D eigenvalue weighted by molar-refractivity contribution is 5.85. The van der Waals surface area contributed by atoms with Gasteiger partial charge in [-0.05, 0) is 50.6 Å². The van der Waals surface area contributed by atoms with Gasteiger partial charge in [0.25, 0.3) is 0 Å². The van der Waals surface area contributed by atoms with Crippen molar-refractivity contribution in [2.24, 2.45) is 0 Å². The number of nitrogens with zero attached hydrogens (tertiary/aromatic N) is 1. The third kappa shape index (κ3) is 2.76. The minimum absolute atomic E-state index is 0.930. The molecular weight excluding hydrogens is 238 g/mol. The summed E-state index contributed by atoms with van der Waals surface area (Å²) in [6.07, 6.45) is 2.80. The first-order valence-corrected chi connectivity index (χ1v) is 6.16.